The summed E-state index contributed by atoms with van der Waals surface area (Å²) in [4.78, 5) is 23.9. The lowest BCUT2D eigenvalue weighted by Crippen LogP contribution is -2.72. The molecule has 4 saturated carbocycles. The molecule has 4 fully saturated rings. The predicted octanol–water partition coefficient (Wildman–Crippen LogP) is 2.73. The maximum absolute atomic E-state index is 12.4. The summed E-state index contributed by atoms with van der Waals surface area (Å²) in [6.07, 6.45) is 3.55. The fourth-order valence-electron chi connectivity index (χ4n) is 8.59. The van der Waals surface area contributed by atoms with Crippen LogP contribution in [0.1, 0.15) is 86.0 Å². The van der Waals surface area contributed by atoms with Crippen LogP contribution in [0.15, 0.2) is 0 Å². The molecule has 7 heteroatoms. The molecule has 0 amide bonds. The summed E-state index contributed by atoms with van der Waals surface area (Å²) in [5.41, 5.74) is -3.98. The summed E-state index contributed by atoms with van der Waals surface area (Å²) in [6.45, 7) is 8.43. The molecular weight excluding hydrogens is 412 g/mol. The molecule has 0 aromatic carbocycles. The van der Waals surface area contributed by atoms with Crippen LogP contribution >= 0.6 is 0 Å². The third-order valence-electron chi connectivity index (χ3n) is 10.4. The van der Waals surface area contributed by atoms with Gasteiger partial charge in [0.2, 0.25) is 0 Å². The Bertz CT molecular complexity index is 784. The largest absolute Gasteiger partial charge is 0.462 e. The number of aliphatic hydroxyl groups is 3. The molecule has 3 N–H and O–H groups in total. The molecular formula is C25H40O7. The van der Waals surface area contributed by atoms with Crippen molar-refractivity contribution in [2.45, 2.75) is 115 Å². The van der Waals surface area contributed by atoms with E-state index in [0.717, 1.165) is 32.1 Å². The molecule has 10 atom stereocenters. The molecule has 0 radical (unpaired) electrons. The number of carbonyl (C=O) groups is 2. The average molecular weight is 453 g/mol. The average Bonchev–Trinajstić information content (AvgIpc) is 2.92. The monoisotopic (exact) mass is 452 g/mol. The first-order valence-electron chi connectivity index (χ1n) is 12.3. The third-order valence-corrected chi connectivity index (χ3v) is 10.4. The van der Waals surface area contributed by atoms with Crippen LogP contribution in [0.4, 0.5) is 0 Å². The second kappa shape index (κ2) is 7.67. The number of aliphatic hydroxyl groups excluding tert-OH is 1. The van der Waals surface area contributed by atoms with Gasteiger partial charge in [0, 0.05) is 13.8 Å². The molecule has 32 heavy (non-hydrogen) atoms. The van der Waals surface area contributed by atoms with E-state index < -0.39 is 40.8 Å². The second-order valence-electron chi connectivity index (χ2n) is 11.6. The van der Waals surface area contributed by atoms with Crippen LogP contribution in [0.5, 0.6) is 0 Å². The van der Waals surface area contributed by atoms with Gasteiger partial charge in [0.1, 0.15) is 17.8 Å². The molecule has 0 aromatic rings. The lowest BCUT2D eigenvalue weighted by molar-refractivity contribution is -0.290. The zero-order chi connectivity index (χ0) is 23.7. The van der Waals surface area contributed by atoms with Crippen molar-refractivity contribution in [2.75, 3.05) is 0 Å². The summed E-state index contributed by atoms with van der Waals surface area (Å²) in [7, 11) is 0. The maximum Gasteiger partial charge on any atom is 0.302 e. The molecule has 0 spiro atoms. The molecule has 182 valence electrons. The van der Waals surface area contributed by atoms with Gasteiger partial charge in [-0.3, -0.25) is 9.59 Å². The van der Waals surface area contributed by atoms with Crippen molar-refractivity contribution in [3.63, 3.8) is 0 Å². The van der Waals surface area contributed by atoms with Crippen LogP contribution in [-0.4, -0.2) is 56.8 Å². The topological polar surface area (TPSA) is 113 Å². The Balaban J connectivity index is 1.78. The molecule has 4 aliphatic rings. The highest BCUT2D eigenvalue weighted by Gasteiger charge is 2.77. The Labute approximate surface area is 190 Å². The zero-order valence-corrected chi connectivity index (χ0v) is 20.1. The molecule has 0 heterocycles. The van der Waals surface area contributed by atoms with E-state index in [1.165, 1.54) is 13.8 Å². The van der Waals surface area contributed by atoms with Gasteiger partial charge < -0.3 is 24.8 Å². The number of ether oxygens (including phenoxy) is 2. The van der Waals surface area contributed by atoms with Gasteiger partial charge in [-0.05, 0) is 81.5 Å². The van der Waals surface area contributed by atoms with Crippen molar-refractivity contribution in [3.05, 3.63) is 0 Å². The highest BCUT2D eigenvalue weighted by atomic mass is 16.6. The SMILES string of the molecule is CC(=O)OC(C)C1(O)CCC2(O)C3CCC4CC(O)CCC4(C)C3CC(OC(C)=O)C12C. The number of rotatable bonds is 3. The fourth-order valence-corrected chi connectivity index (χ4v) is 8.59. The van der Waals surface area contributed by atoms with Gasteiger partial charge in [-0.2, -0.15) is 0 Å². The third kappa shape index (κ3) is 3.10. The molecule has 10 unspecified atom stereocenters. The second-order valence-corrected chi connectivity index (χ2v) is 11.6. The normalized spacial score (nSPS) is 51.1. The van der Waals surface area contributed by atoms with Gasteiger partial charge >= 0.3 is 11.9 Å². The van der Waals surface area contributed by atoms with Crippen molar-refractivity contribution < 1.29 is 34.4 Å². The minimum absolute atomic E-state index is 0.0469. The van der Waals surface area contributed by atoms with Crippen molar-refractivity contribution in [1.29, 1.82) is 0 Å². The Kier molecular flexibility index (Phi) is 5.74. The van der Waals surface area contributed by atoms with E-state index in [-0.39, 0.29) is 29.8 Å². The standard InChI is InChI=1S/C25H40O7/c1-14(31-15(2)26)24(29)10-11-25(30)19-7-6-17-12-18(28)8-9-22(17,4)20(19)13-21(23(24,25)5)32-16(3)27/h14,17-21,28-30H,6-13H2,1-5H3. The van der Waals surface area contributed by atoms with Crippen LogP contribution in [0.25, 0.3) is 0 Å². The highest BCUT2D eigenvalue weighted by Crippen LogP contribution is 2.70. The van der Waals surface area contributed by atoms with Crippen molar-refractivity contribution in [1.82, 2.24) is 0 Å². The van der Waals surface area contributed by atoms with Crippen molar-refractivity contribution in [2.24, 2.45) is 28.6 Å². The maximum atomic E-state index is 12.4. The van der Waals surface area contributed by atoms with E-state index in [0.29, 0.717) is 18.8 Å². The van der Waals surface area contributed by atoms with Gasteiger partial charge in [0.05, 0.1) is 17.1 Å². The van der Waals surface area contributed by atoms with Crippen molar-refractivity contribution >= 4 is 11.9 Å². The quantitative estimate of drug-likeness (QED) is 0.564. The van der Waals surface area contributed by atoms with Gasteiger partial charge in [-0.25, -0.2) is 0 Å². The lowest BCUT2D eigenvalue weighted by Gasteiger charge is -2.66. The van der Waals surface area contributed by atoms with Gasteiger partial charge in [-0.15, -0.1) is 0 Å². The predicted molar refractivity (Wildman–Crippen MR) is 116 cm³/mol. The zero-order valence-electron chi connectivity index (χ0n) is 20.1. The molecule has 7 nitrogen and oxygen atoms in total. The van der Waals surface area contributed by atoms with E-state index >= 15 is 0 Å². The summed E-state index contributed by atoms with van der Waals surface area (Å²) in [5, 5.41) is 34.6. The van der Waals surface area contributed by atoms with E-state index in [2.05, 4.69) is 6.92 Å². The van der Waals surface area contributed by atoms with E-state index in [1.54, 1.807) is 6.92 Å². The Morgan fingerprint density at radius 2 is 1.62 bits per heavy atom. The molecule has 0 aromatic heterocycles. The number of fused-ring (bicyclic) bond motifs is 5. The Morgan fingerprint density at radius 1 is 0.938 bits per heavy atom. The van der Waals surface area contributed by atoms with Crippen molar-refractivity contribution in [3.8, 4) is 0 Å². The van der Waals surface area contributed by atoms with E-state index in [9.17, 15) is 24.9 Å². The van der Waals surface area contributed by atoms with E-state index in [4.69, 9.17) is 9.47 Å². The summed E-state index contributed by atoms with van der Waals surface area (Å²) >= 11 is 0. The first kappa shape index (κ1) is 24.0. The van der Waals surface area contributed by atoms with Gasteiger partial charge in [0.25, 0.3) is 0 Å². The molecule has 0 bridgehead atoms. The lowest BCUT2D eigenvalue weighted by atomic mass is 9.42. The molecule has 4 aliphatic carbocycles. The van der Waals surface area contributed by atoms with Crippen LogP contribution in [-0.2, 0) is 19.1 Å². The minimum Gasteiger partial charge on any atom is -0.462 e. The molecule has 4 rings (SSSR count). The molecule has 0 aliphatic heterocycles. The highest BCUT2D eigenvalue weighted by molar-refractivity contribution is 5.67. The van der Waals surface area contributed by atoms with Crippen LogP contribution in [0.2, 0.25) is 0 Å². The number of carbonyl (C=O) groups excluding carboxylic acids is 2. The Hall–Kier alpha value is -1.18. The first-order chi connectivity index (χ1) is 14.8. The van der Waals surface area contributed by atoms with Gasteiger partial charge in [0.15, 0.2) is 0 Å². The fraction of sp³-hybridized carbons (Fsp3) is 0.920. The van der Waals surface area contributed by atoms with E-state index in [1.807, 2.05) is 6.92 Å². The smallest absolute Gasteiger partial charge is 0.302 e. The summed E-state index contributed by atoms with van der Waals surface area (Å²) < 4.78 is 11.3. The minimum atomic E-state index is -1.51. The summed E-state index contributed by atoms with van der Waals surface area (Å²) in [5.74, 6) is -0.477. The number of esters is 2. The number of hydrogen-bond donors (Lipinski definition) is 3. The van der Waals surface area contributed by atoms with Gasteiger partial charge in [-0.1, -0.05) is 13.8 Å². The Morgan fingerprint density at radius 3 is 2.25 bits per heavy atom. The number of hydrogen-bond acceptors (Lipinski definition) is 7. The molecule has 0 saturated heterocycles. The van der Waals surface area contributed by atoms with Crippen LogP contribution in [0, 0.1) is 28.6 Å². The first-order valence-corrected chi connectivity index (χ1v) is 12.3. The summed E-state index contributed by atoms with van der Waals surface area (Å²) in [6, 6.07) is 0. The van der Waals surface area contributed by atoms with Crippen LogP contribution < -0.4 is 0 Å². The van der Waals surface area contributed by atoms with Crippen LogP contribution in [0.3, 0.4) is 0 Å².